The van der Waals surface area contributed by atoms with Crippen LogP contribution in [-0.4, -0.2) is 17.4 Å². The first-order valence-electron chi connectivity index (χ1n) is 9.68. The molecule has 0 unspecified atom stereocenters. The lowest BCUT2D eigenvalue weighted by Gasteiger charge is -2.29. The third kappa shape index (κ3) is 4.17. The average molecular weight is 397 g/mol. The number of nitrogens with one attached hydrogen (secondary N) is 1. The van der Waals surface area contributed by atoms with Gasteiger partial charge in [-0.15, -0.1) is 0 Å². The zero-order chi connectivity index (χ0) is 19.5. The summed E-state index contributed by atoms with van der Waals surface area (Å²) in [6.45, 7) is 0.680. The van der Waals surface area contributed by atoms with E-state index in [2.05, 4.69) is 10.3 Å². The molecule has 2 aromatic carbocycles. The highest BCUT2D eigenvalue weighted by molar-refractivity contribution is 6.30. The van der Waals surface area contributed by atoms with Crippen molar-refractivity contribution in [3.8, 4) is 0 Å². The van der Waals surface area contributed by atoms with Gasteiger partial charge in [-0.25, -0.2) is 4.39 Å². The zero-order valence-corrected chi connectivity index (χ0v) is 16.3. The number of carbonyl (C=O) groups excluding carboxylic acids is 1. The SMILES string of the molecule is O=C(NCC1CCC(c2ccnc3ccc(F)cc23)CC1)c1ccc(Cl)cc1. The lowest BCUT2D eigenvalue weighted by Crippen LogP contribution is -2.31. The standard InChI is InChI=1S/C23H22ClFN2O/c24-18-7-5-17(6-8-18)23(28)27-14-15-1-3-16(4-2-15)20-11-12-26-22-10-9-19(25)13-21(20)22/h5-13,15-16H,1-4,14H2,(H,27,28). The molecule has 28 heavy (non-hydrogen) atoms. The van der Waals surface area contributed by atoms with Gasteiger partial charge in [0.15, 0.2) is 0 Å². The van der Waals surface area contributed by atoms with Crippen molar-refractivity contribution in [2.75, 3.05) is 6.54 Å². The third-order valence-corrected chi connectivity index (χ3v) is 5.93. The van der Waals surface area contributed by atoms with Crippen LogP contribution in [0.5, 0.6) is 0 Å². The number of hydrogen-bond donors (Lipinski definition) is 1. The van der Waals surface area contributed by atoms with Crippen LogP contribution >= 0.6 is 11.6 Å². The van der Waals surface area contributed by atoms with Crippen LogP contribution in [0, 0.1) is 11.7 Å². The normalized spacial score (nSPS) is 19.5. The summed E-state index contributed by atoms with van der Waals surface area (Å²) in [7, 11) is 0. The monoisotopic (exact) mass is 396 g/mol. The molecule has 4 rings (SSSR count). The summed E-state index contributed by atoms with van der Waals surface area (Å²) in [6, 6.07) is 13.7. The molecule has 0 saturated heterocycles. The maximum absolute atomic E-state index is 13.7. The van der Waals surface area contributed by atoms with Gasteiger partial charge >= 0.3 is 0 Å². The number of rotatable bonds is 4. The van der Waals surface area contributed by atoms with E-state index in [0.717, 1.165) is 36.6 Å². The van der Waals surface area contributed by atoms with Gasteiger partial charge in [-0.3, -0.25) is 9.78 Å². The van der Waals surface area contributed by atoms with Gasteiger partial charge in [0.25, 0.3) is 5.91 Å². The molecule has 5 heteroatoms. The van der Waals surface area contributed by atoms with Gasteiger partial charge in [0.05, 0.1) is 5.52 Å². The molecule has 0 bridgehead atoms. The Bertz CT molecular complexity index is 982. The molecular formula is C23H22ClFN2O. The lowest BCUT2D eigenvalue weighted by atomic mass is 9.78. The summed E-state index contributed by atoms with van der Waals surface area (Å²) in [5.41, 5.74) is 2.66. The van der Waals surface area contributed by atoms with Crippen LogP contribution in [0.3, 0.4) is 0 Å². The third-order valence-electron chi connectivity index (χ3n) is 5.68. The van der Waals surface area contributed by atoms with Gasteiger partial charge < -0.3 is 5.32 Å². The predicted octanol–water partition coefficient (Wildman–Crippen LogP) is 5.73. The smallest absolute Gasteiger partial charge is 0.251 e. The van der Waals surface area contributed by atoms with E-state index in [-0.39, 0.29) is 11.7 Å². The molecule has 0 radical (unpaired) electrons. The number of nitrogens with zero attached hydrogens (tertiary/aromatic N) is 1. The molecule has 3 nitrogen and oxygen atoms in total. The maximum Gasteiger partial charge on any atom is 0.251 e. The van der Waals surface area contributed by atoms with Gasteiger partial charge in [0, 0.05) is 28.7 Å². The molecular weight excluding hydrogens is 375 g/mol. The number of fused-ring (bicyclic) bond motifs is 1. The molecule has 1 amide bonds. The molecule has 1 fully saturated rings. The van der Waals surface area contributed by atoms with Crippen molar-refractivity contribution < 1.29 is 9.18 Å². The van der Waals surface area contributed by atoms with Crippen molar-refractivity contribution in [3.05, 3.63) is 76.7 Å². The first kappa shape index (κ1) is 18.9. The van der Waals surface area contributed by atoms with Crippen LogP contribution in [0.2, 0.25) is 5.02 Å². The molecule has 0 atom stereocenters. The Kier molecular flexibility index (Phi) is 5.58. The van der Waals surface area contributed by atoms with Gasteiger partial charge in [-0.2, -0.15) is 0 Å². The van der Waals surface area contributed by atoms with Crippen molar-refractivity contribution >= 4 is 28.4 Å². The largest absolute Gasteiger partial charge is 0.352 e. The molecule has 0 spiro atoms. The van der Waals surface area contributed by atoms with E-state index >= 15 is 0 Å². The van der Waals surface area contributed by atoms with Gasteiger partial charge in [-0.05, 0) is 91.6 Å². The summed E-state index contributed by atoms with van der Waals surface area (Å²) in [6.07, 6.45) is 5.98. The number of halogens is 2. The number of pyridine rings is 1. The van der Waals surface area contributed by atoms with Crippen LogP contribution in [0.1, 0.15) is 47.5 Å². The van der Waals surface area contributed by atoms with Crippen molar-refractivity contribution in [3.63, 3.8) is 0 Å². The summed E-state index contributed by atoms with van der Waals surface area (Å²) >= 11 is 5.87. The molecule has 1 N–H and O–H groups in total. The topological polar surface area (TPSA) is 42.0 Å². The molecule has 1 aliphatic rings. The van der Waals surface area contributed by atoms with E-state index < -0.39 is 0 Å². The molecule has 1 heterocycles. The quantitative estimate of drug-likeness (QED) is 0.611. The fourth-order valence-electron chi connectivity index (χ4n) is 4.11. The Labute approximate surface area is 168 Å². The first-order valence-corrected chi connectivity index (χ1v) is 10.1. The van der Waals surface area contributed by atoms with E-state index in [1.807, 2.05) is 12.3 Å². The molecule has 1 aromatic heterocycles. The highest BCUT2D eigenvalue weighted by atomic mass is 35.5. The summed E-state index contributed by atoms with van der Waals surface area (Å²) in [5.74, 6) is 0.600. The van der Waals surface area contributed by atoms with E-state index in [1.54, 1.807) is 36.4 Å². The van der Waals surface area contributed by atoms with Crippen LogP contribution in [0.25, 0.3) is 10.9 Å². The highest BCUT2D eigenvalue weighted by Gasteiger charge is 2.24. The number of carbonyl (C=O) groups is 1. The number of amides is 1. The van der Waals surface area contributed by atoms with Crippen molar-refractivity contribution in [2.24, 2.45) is 5.92 Å². The van der Waals surface area contributed by atoms with E-state index in [4.69, 9.17) is 11.6 Å². The Hall–Kier alpha value is -2.46. The van der Waals surface area contributed by atoms with Crippen LogP contribution in [-0.2, 0) is 0 Å². The van der Waals surface area contributed by atoms with Crippen molar-refractivity contribution in [2.45, 2.75) is 31.6 Å². The Morgan fingerprint density at radius 3 is 2.57 bits per heavy atom. The van der Waals surface area contributed by atoms with E-state index in [0.29, 0.717) is 29.0 Å². The van der Waals surface area contributed by atoms with Crippen LogP contribution in [0.4, 0.5) is 4.39 Å². The van der Waals surface area contributed by atoms with Crippen molar-refractivity contribution in [1.82, 2.24) is 10.3 Å². The van der Waals surface area contributed by atoms with Gasteiger partial charge in [-0.1, -0.05) is 11.6 Å². The first-order chi connectivity index (χ1) is 13.6. The number of benzene rings is 2. The summed E-state index contributed by atoms with van der Waals surface area (Å²) in [4.78, 5) is 16.6. The fraction of sp³-hybridized carbons (Fsp3) is 0.304. The van der Waals surface area contributed by atoms with Crippen LogP contribution in [0.15, 0.2) is 54.7 Å². The molecule has 1 aliphatic carbocycles. The molecule has 3 aromatic rings. The second kappa shape index (κ2) is 8.27. The molecule has 144 valence electrons. The average Bonchev–Trinajstić information content (AvgIpc) is 2.72. The highest BCUT2D eigenvalue weighted by Crippen LogP contribution is 2.38. The minimum Gasteiger partial charge on any atom is -0.352 e. The maximum atomic E-state index is 13.7. The molecule has 1 saturated carbocycles. The Morgan fingerprint density at radius 1 is 1.07 bits per heavy atom. The number of hydrogen-bond acceptors (Lipinski definition) is 2. The molecule has 0 aliphatic heterocycles. The summed E-state index contributed by atoms with van der Waals surface area (Å²) in [5, 5.41) is 4.58. The van der Waals surface area contributed by atoms with Crippen LogP contribution < -0.4 is 5.32 Å². The van der Waals surface area contributed by atoms with E-state index in [9.17, 15) is 9.18 Å². The predicted molar refractivity (Wildman–Crippen MR) is 110 cm³/mol. The minimum absolute atomic E-state index is 0.0607. The minimum atomic E-state index is -0.222. The number of aromatic nitrogens is 1. The summed E-state index contributed by atoms with van der Waals surface area (Å²) < 4.78 is 13.7. The lowest BCUT2D eigenvalue weighted by molar-refractivity contribution is 0.0943. The van der Waals surface area contributed by atoms with Crippen molar-refractivity contribution in [1.29, 1.82) is 0 Å². The second-order valence-corrected chi connectivity index (χ2v) is 7.93. The van der Waals surface area contributed by atoms with Gasteiger partial charge in [0.1, 0.15) is 5.82 Å². The fourth-order valence-corrected chi connectivity index (χ4v) is 4.24. The second-order valence-electron chi connectivity index (χ2n) is 7.50. The Balaban J connectivity index is 1.35. The Morgan fingerprint density at radius 2 is 1.82 bits per heavy atom. The zero-order valence-electron chi connectivity index (χ0n) is 15.5. The van der Waals surface area contributed by atoms with E-state index in [1.165, 1.54) is 11.6 Å². The van der Waals surface area contributed by atoms with Gasteiger partial charge in [0.2, 0.25) is 0 Å².